The summed E-state index contributed by atoms with van der Waals surface area (Å²) in [7, 11) is 0. The zero-order chi connectivity index (χ0) is 12.5. The van der Waals surface area contributed by atoms with Gasteiger partial charge in [0.15, 0.2) is 0 Å². The molecule has 0 amide bonds. The van der Waals surface area contributed by atoms with Gasteiger partial charge in [0, 0.05) is 12.6 Å². The van der Waals surface area contributed by atoms with E-state index in [1.165, 1.54) is 32.1 Å². The Kier molecular flexibility index (Phi) is 2.98. The summed E-state index contributed by atoms with van der Waals surface area (Å²) in [6, 6.07) is 8.00. The Hall–Kier alpha value is -1.51. The predicted octanol–water partition coefficient (Wildman–Crippen LogP) is 3.15. The third kappa shape index (κ3) is 1.88. The lowest BCUT2D eigenvalue weighted by atomic mass is 9.91. The molecule has 1 aliphatic heterocycles. The molecule has 2 aliphatic rings. The average Bonchev–Trinajstić information content (AvgIpc) is 2.86. The first-order valence-electron chi connectivity index (χ1n) is 6.86. The number of nitrogens with zero attached hydrogens (tertiary/aromatic N) is 1. The molecule has 1 heterocycles. The molecule has 1 aromatic carbocycles. The first-order valence-corrected chi connectivity index (χ1v) is 6.86. The van der Waals surface area contributed by atoms with Gasteiger partial charge in [0.2, 0.25) is 0 Å². The number of hydrogen-bond acceptors (Lipinski definition) is 2. The SMILES string of the molecule is O=C(O)c1ccccc1N1CCCC2CCCC21. The van der Waals surface area contributed by atoms with E-state index in [2.05, 4.69) is 4.90 Å². The summed E-state index contributed by atoms with van der Waals surface area (Å²) in [4.78, 5) is 13.7. The van der Waals surface area contributed by atoms with E-state index in [1.54, 1.807) is 6.07 Å². The highest BCUT2D eigenvalue weighted by Crippen LogP contribution is 2.39. The van der Waals surface area contributed by atoms with Gasteiger partial charge in [-0.2, -0.15) is 0 Å². The quantitative estimate of drug-likeness (QED) is 0.870. The van der Waals surface area contributed by atoms with Crippen LogP contribution >= 0.6 is 0 Å². The summed E-state index contributed by atoms with van der Waals surface area (Å²) < 4.78 is 0. The van der Waals surface area contributed by atoms with Gasteiger partial charge in [0.1, 0.15) is 0 Å². The maximum Gasteiger partial charge on any atom is 0.337 e. The standard InChI is InChI=1S/C15H19NO2/c17-15(18)12-7-1-2-8-14(12)16-10-4-6-11-5-3-9-13(11)16/h1-2,7-8,11,13H,3-6,9-10H2,(H,17,18). The molecule has 0 aromatic heterocycles. The van der Waals surface area contributed by atoms with E-state index in [9.17, 15) is 9.90 Å². The smallest absolute Gasteiger partial charge is 0.337 e. The Balaban J connectivity index is 1.96. The lowest BCUT2D eigenvalue weighted by Gasteiger charge is -2.40. The molecule has 2 atom stereocenters. The molecule has 1 saturated heterocycles. The summed E-state index contributed by atoms with van der Waals surface area (Å²) in [5, 5.41) is 9.31. The number of hydrogen-bond donors (Lipinski definition) is 1. The topological polar surface area (TPSA) is 40.5 Å². The van der Waals surface area contributed by atoms with Crippen molar-refractivity contribution in [3.8, 4) is 0 Å². The van der Waals surface area contributed by atoms with Crippen LogP contribution in [0.3, 0.4) is 0 Å². The van der Waals surface area contributed by atoms with Crippen molar-refractivity contribution in [2.45, 2.75) is 38.1 Å². The molecule has 3 heteroatoms. The van der Waals surface area contributed by atoms with E-state index in [-0.39, 0.29) is 0 Å². The van der Waals surface area contributed by atoms with Crippen LogP contribution in [0.5, 0.6) is 0 Å². The highest BCUT2D eigenvalue weighted by molar-refractivity contribution is 5.94. The molecule has 2 fully saturated rings. The van der Waals surface area contributed by atoms with Gasteiger partial charge >= 0.3 is 5.97 Å². The Morgan fingerprint density at radius 2 is 1.94 bits per heavy atom. The normalized spacial score (nSPS) is 27.0. The Bertz CT molecular complexity index is 458. The molecule has 18 heavy (non-hydrogen) atoms. The number of rotatable bonds is 2. The van der Waals surface area contributed by atoms with Crippen molar-refractivity contribution in [3.05, 3.63) is 29.8 Å². The number of carboxylic acid groups (broad SMARTS) is 1. The van der Waals surface area contributed by atoms with Crippen molar-refractivity contribution >= 4 is 11.7 Å². The molecule has 3 rings (SSSR count). The first kappa shape index (κ1) is 11.6. The van der Waals surface area contributed by atoms with Gasteiger partial charge in [-0.1, -0.05) is 18.6 Å². The van der Waals surface area contributed by atoms with Gasteiger partial charge in [-0.05, 0) is 43.7 Å². The Morgan fingerprint density at radius 3 is 2.78 bits per heavy atom. The van der Waals surface area contributed by atoms with Gasteiger partial charge in [-0.25, -0.2) is 4.79 Å². The number of piperidine rings is 1. The number of fused-ring (bicyclic) bond motifs is 1. The van der Waals surface area contributed by atoms with E-state index < -0.39 is 5.97 Å². The Morgan fingerprint density at radius 1 is 1.17 bits per heavy atom. The van der Waals surface area contributed by atoms with Crippen molar-refractivity contribution in [3.63, 3.8) is 0 Å². The number of carbonyl (C=O) groups is 1. The molecule has 1 aromatic rings. The molecule has 0 spiro atoms. The summed E-state index contributed by atoms with van der Waals surface area (Å²) >= 11 is 0. The average molecular weight is 245 g/mol. The second-order valence-corrected chi connectivity index (χ2v) is 5.42. The third-order valence-electron chi connectivity index (χ3n) is 4.44. The van der Waals surface area contributed by atoms with Crippen molar-refractivity contribution in [1.29, 1.82) is 0 Å². The number of anilines is 1. The van der Waals surface area contributed by atoms with Crippen LogP contribution in [0.15, 0.2) is 24.3 Å². The van der Waals surface area contributed by atoms with Crippen LogP contribution in [0.25, 0.3) is 0 Å². The molecular formula is C15H19NO2. The van der Waals surface area contributed by atoms with E-state index in [1.807, 2.05) is 18.2 Å². The minimum absolute atomic E-state index is 0.449. The van der Waals surface area contributed by atoms with Crippen molar-refractivity contribution < 1.29 is 9.90 Å². The van der Waals surface area contributed by atoms with Crippen molar-refractivity contribution in [1.82, 2.24) is 0 Å². The van der Waals surface area contributed by atoms with Crippen LogP contribution in [-0.4, -0.2) is 23.7 Å². The third-order valence-corrected chi connectivity index (χ3v) is 4.44. The van der Waals surface area contributed by atoms with E-state index >= 15 is 0 Å². The van der Waals surface area contributed by atoms with Gasteiger partial charge in [-0.3, -0.25) is 0 Å². The molecule has 0 radical (unpaired) electrons. The summed E-state index contributed by atoms with van der Waals surface area (Å²) in [5.74, 6) is -0.0358. The molecule has 1 aliphatic carbocycles. The van der Waals surface area contributed by atoms with Gasteiger partial charge < -0.3 is 10.0 Å². The maximum absolute atomic E-state index is 11.3. The molecular weight excluding hydrogens is 226 g/mol. The highest BCUT2D eigenvalue weighted by Gasteiger charge is 2.36. The summed E-state index contributed by atoms with van der Waals surface area (Å²) in [5.41, 5.74) is 1.37. The second kappa shape index (κ2) is 4.63. The van der Waals surface area contributed by atoms with Gasteiger partial charge in [0.25, 0.3) is 0 Å². The number of para-hydroxylation sites is 1. The fraction of sp³-hybridized carbons (Fsp3) is 0.533. The van der Waals surface area contributed by atoms with Crippen LogP contribution in [0.2, 0.25) is 0 Å². The maximum atomic E-state index is 11.3. The minimum Gasteiger partial charge on any atom is -0.478 e. The van der Waals surface area contributed by atoms with Crippen LogP contribution in [-0.2, 0) is 0 Å². The summed E-state index contributed by atoms with van der Waals surface area (Å²) in [6.07, 6.45) is 6.33. The van der Waals surface area contributed by atoms with E-state index in [0.29, 0.717) is 11.6 Å². The molecule has 2 unspecified atom stereocenters. The van der Waals surface area contributed by atoms with Crippen molar-refractivity contribution in [2.24, 2.45) is 5.92 Å². The van der Waals surface area contributed by atoms with Crippen LogP contribution < -0.4 is 4.90 Å². The number of aromatic carboxylic acids is 1. The van der Waals surface area contributed by atoms with Crippen molar-refractivity contribution in [2.75, 3.05) is 11.4 Å². The minimum atomic E-state index is -0.814. The second-order valence-electron chi connectivity index (χ2n) is 5.42. The van der Waals surface area contributed by atoms with Crippen LogP contribution in [0.4, 0.5) is 5.69 Å². The molecule has 0 bridgehead atoms. The fourth-order valence-electron chi connectivity index (χ4n) is 3.66. The number of benzene rings is 1. The Labute approximate surface area is 107 Å². The molecule has 1 N–H and O–H groups in total. The van der Waals surface area contributed by atoms with E-state index in [0.717, 1.165) is 18.2 Å². The molecule has 96 valence electrons. The lowest BCUT2D eigenvalue weighted by Crippen LogP contribution is -2.43. The van der Waals surface area contributed by atoms with Crippen LogP contribution in [0, 0.1) is 5.92 Å². The number of carboxylic acids is 1. The predicted molar refractivity (Wildman–Crippen MR) is 71.1 cm³/mol. The first-order chi connectivity index (χ1) is 8.77. The lowest BCUT2D eigenvalue weighted by molar-refractivity contribution is 0.0697. The monoisotopic (exact) mass is 245 g/mol. The zero-order valence-electron chi connectivity index (χ0n) is 10.5. The fourth-order valence-corrected chi connectivity index (χ4v) is 3.66. The highest BCUT2D eigenvalue weighted by atomic mass is 16.4. The molecule has 3 nitrogen and oxygen atoms in total. The van der Waals surface area contributed by atoms with Crippen LogP contribution in [0.1, 0.15) is 42.5 Å². The zero-order valence-corrected chi connectivity index (χ0v) is 10.5. The van der Waals surface area contributed by atoms with Gasteiger partial charge in [0.05, 0.1) is 11.3 Å². The summed E-state index contributed by atoms with van der Waals surface area (Å²) in [6.45, 7) is 1.01. The van der Waals surface area contributed by atoms with E-state index in [4.69, 9.17) is 0 Å². The molecule has 1 saturated carbocycles. The largest absolute Gasteiger partial charge is 0.478 e. The van der Waals surface area contributed by atoms with Gasteiger partial charge in [-0.15, -0.1) is 0 Å².